The van der Waals surface area contributed by atoms with E-state index in [0.717, 1.165) is 9.88 Å². The Balaban J connectivity index is 2.24. The summed E-state index contributed by atoms with van der Waals surface area (Å²) in [6, 6.07) is 4.56. The smallest absolute Gasteiger partial charge is 0.244 e. The van der Waals surface area contributed by atoms with E-state index < -0.39 is 10.0 Å². The number of nitrogens with zero attached hydrogens (tertiary/aromatic N) is 1. The highest BCUT2D eigenvalue weighted by Crippen LogP contribution is 2.26. The zero-order valence-electron chi connectivity index (χ0n) is 11.8. The molecular formula is C13H17N3O3S2. The van der Waals surface area contributed by atoms with E-state index in [1.165, 1.54) is 17.4 Å². The number of hydrogen-bond acceptors (Lipinski definition) is 6. The normalized spacial score (nSPS) is 11.5. The van der Waals surface area contributed by atoms with E-state index in [2.05, 4.69) is 9.71 Å². The summed E-state index contributed by atoms with van der Waals surface area (Å²) in [5.41, 5.74) is 6.04. The molecule has 1 heterocycles. The number of sulfonamides is 1. The highest BCUT2D eigenvalue weighted by molar-refractivity contribution is 7.89. The second-order valence-electron chi connectivity index (χ2n) is 4.31. The van der Waals surface area contributed by atoms with Crippen LogP contribution in [0.25, 0.3) is 0 Å². The third kappa shape index (κ3) is 3.93. The van der Waals surface area contributed by atoms with E-state index in [1.807, 2.05) is 6.92 Å². The van der Waals surface area contributed by atoms with Gasteiger partial charge >= 0.3 is 0 Å². The van der Waals surface area contributed by atoms with Gasteiger partial charge in [0.2, 0.25) is 10.0 Å². The zero-order valence-corrected chi connectivity index (χ0v) is 13.4. The van der Waals surface area contributed by atoms with Crippen LogP contribution in [0.4, 0.5) is 5.69 Å². The third-order valence-electron chi connectivity index (χ3n) is 2.66. The second kappa shape index (κ2) is 6.42. The van der Waals surface area contributed by atoms with Crippen LogP contribution in [-0.2, 0) is 16.6 Å². The molecule has 1 aromatic carbocycles. The van der Waals surface area contributed by atoms with Gasteiger partial charge in [0.25, 0.3) is 0 Å². The van der Waals surface area contributed by atoms with Crippen molar-refractivity contribution in [3.63, 3.8) is 0 Å². The zero-order chi connectivity index (χ0) is 15.5. The van der Waals surface area contributed by atoms with E-state index in [-0.39, 0.29) is 11.4 Å². The van der Waals surface area contributed by atoms with Gasteiger partial charge < -0.3 is 10.5 Å². The molecule has 0 radical (unpaired) electrons. The molecule has 0 unspecified atom stereocenters. The fourth-order valence-corrected chi connectivity index (χ4v) is 3.75. The van der Waals surface area contributed by atoms with Crippen LogP contribution in [0, 0.1) is 6.92 Å². The van der Waals surface area contributed by atoms with E-state index in [4.69, 9.17) is 10.5 Å². The Labute approximate surface area is 128 Å². The van der Waals surface area contributed by atoms with Crippen molar-refractivity contribution in [3.05, 3.63) is 34.3 Å². The molecular weight excluding hydrogens is 310 g/mol. The van der Waals surface area contributed by atoms with Crippen molar-refractivity contribution >= 4 is 27.0 Å². The van der Waals surface area contributed by atoms with Gasteiger partial charge in [-0.2, -0.15) is 0 Å². The summed E-state index contributed by atoms with van der Waals surface area (Å²) >= 11 is 1.45. The van der Waals surface area contributed by atoms with Crippen LogP contribution >= 0.6 is 11.3 Å². The van der Waals surface area contributed by atoms with Crippen molar-refractivity contribution in [2.75, 3.05) is 12.3 Å². The van der Waals surface area contributed by atoms with Gasteiger partial charge in [-0.05, 0) is 32.0 Å². The van der Waals surface area contributed by atoms with Crippen LogP contribution in [-0.4, -0.2) is 20.0 Å². The van der Waals surface area contributed by atoms with Crippen molar-refractivity contribution in [2.24, 2.45) is 0 Å². The highest BCUT2D eigenvalue weighted by atomic mass is 32.2. The van der Waals surface area contributed by atoms with Crippen molar-refractivity contribution in [3.8, 4) is 5.75 Å². The average molecular weight is 327 g/mol. The molecule has 0 saturated heterocycles. The molecule has 0 fully saturated rings. The first-order chi connectivity index (χ1) is 9.92. The molecule has 21 heavy (non-hydrogen) atoms. The number of nitrogens with one attached hydrogen (secondary N) is 1. The fourth-order valence-electron chi connectivity index (χ4n) is 1.74. The van der Waals surface area contributed by atoms with Crippen LogP contribution < -0.4 is 15.2 Å². The molecule has 114 valence electrons. The minimum absolute atomic E-state index is 0.0468. The average Bonchev–Trinajstić information content (AvgIpc) is 2.85. The predicted molar refractivity (Wildman–Crippen MR) is 82.9 cm³/mol. The first kappa shape index (κ1) is 15.7. The largest absolute Gasteiger partial charge is 0.492 e. The SMILES string of the molecule is CCOc1ccc(N)cc1S(=O)(=O)NCc1cnc(C)s1. The van der Waals surface area contributed by atoms with Crippen LogP contribution in [0.5, 0.6) is 5.75 Å². The molecule has 0 aliphatic carbocycles. The van der Waals surface area contributed by atoms with Crippen LogP contribution in [0.2, 0.25) is 0 Å². The van der Waals surface area contributed by atoms with E-state index in [0.29, 0.717) is 18.0 Å². The summed E-state index contributed by atoms with van der Waals surface area (Å²) in [4.78, 5) is 4.98. The van der Waals surface area contributed by atoms with Gasteiger partial charge in [-0.1, -0.05) is 0 Å². The molecule has 0 amide bonds. The maximum atomic E-state index is 12.4. The Morgan fingerprint density at radius 1 is 1.43 bits per heavy atom. The number of hydrogen-bond donors (Lipinski definition) is 2. The number of rotatable bonds is 6. The molecule has 3 N–H and O–H groups in total. The van der Waals surface area contributed by atoms with Gasteiger partial charge in [-0.25, -0.2) is 18.1 Å². The highest BCUT2D eigenvalue weighted by Gasteiger charge is 2.20. The van der Waals surface area contributed by atoms with Crippen LogP contribution in [0.1, 0.15) is 16.8 Å². The molecule has 0 aliphatic heterocycles. The number of ether oxygens (including phenoxy) is 1. The van der Waals surface area contributed by atoms with Gasteiger partial charge in [0, 0.05) is 23.3 Å². The van der Waals surface area contributed by atoms with Crippen molar-refractivity contribution in [1.29, 1.82) is 0 Å². The molecule has 2 aromatic rings. The number of aromatic nitrogens is 1. The number of nitrogens with two attached hydrogens (primary N) is 1. The number of benzene rings is 1. The quantitative estimate of drug-likeness (QED) is 0.790. The summed E-state index contributed by atoms with van der Waals surface area (Å²) in [5.74, 6) is 0.291. The lowest BCUT2D eigenvalue weighted by Gasteiger charge is -2.12. The summed E-state index contributed by atoms with van der Waals surface area (Å²) in [6.07, 6.45) is 1.66. The minimum atomic E-state index is -3.70. The molecule has 8 heteroatoms. The van der Waals surface area contributed by atoms with Gasteiger partial charge in [0.15, 0.2) is 0 Å². The summed E-state index contributed by atoms with van der Waals surface area (Å²) in [7, 11) is -3.70. The van der Waals surface area contributed by atoms with Gasteiger partial charge in [0.1, 0.15) is 10.6 Å². The van der Waals surface area contributed by atoms with E-state index in [1.54, 1.807) is 25.3 Å². The van der Waals surface area contributed by atoms with Gasteiger partial charge in [-0.15, -0.1) is 11.3 Å². The maximum Gasteiger partial charge on any atom is 0.244 e. The molecule has 0 aliphatic rings. The predicted octanol–water partition coefficient (Wildman–Crippen LogP) is 1.91. The number of nitrogen functional groups attached to an aromatic ring is 1. The number of anilines is 1. The molecule has 6 nitrogen and oxygen atoms in total. The maximum absolute atomic E-state index is 12.4. The Hall–Kier alpha value is -1.64. The number of aryl methyl sites for hydroxylation is 1. The lowest BCUT2D eigenvalue weighted by atomic mass is 10.3. The molecule has 0 atom stereocenters. The van der Waals surface area contributed by atoms with Crippen LogP contribution in [0.15, 0.2) is 29.3 Å². The fraction of sp³-hybridized carbons (Fsp3) is 0.308. The Morgan fingerprint density at radius 3 is 2.81 bits per heavy atom. The molecule has 0 bridgehead atoms. The van der Waals surface area contributed by atoms with Crippen molar-refractivity contribution < 1.29 is 13.2 Å². The number of thiazole rings is 1. The first-order valence-corrected chi connectivity index (χ1v) is 8.65. The Kier molecular flexibility index (Phi) is 4.81. The summed E-state index contributed by atoms with van der Waals surface area (Å²) < 4.78 is 32.7. The lowest BCUT2D eigenvalue weighted by molar-refractivity contribution is 0.331. The van der Waals surface area contributed by atoms with E-state index in [9.17, 15) is 8.42 Å². The topological polar surface area (TPSA) is 94.3 Å². The van der Waals surface area contributed by atoms with Gasteiger partial charge in [-0.3, -0.25) is 0 Å². The molecule has 2 rings (SSSR count). The first-order valence-electron chi connectivity index (χ1n) is 6.35. The molecule has 0 spiro atoms. The van der Waals surface area contributed by atoms with Crippen molar-refractivity contribution in [2.45, 2.75) is 25.3 Å². The van der Waals surface area contributed by atoms with Gasteiger partial charge in [0.05, 0.1) is 11.6 Å². The summed E-state index contributed by atoms with van der Waals surface area (Å²) in [5, 5.41) is 0.892. The molecule has 0 saturated carbocycles. The lowest BCUT2D eigenvalue weighted by Crippen LogP contribution is -2.23. The van der Waals surface area contributed by atoms with E-state index >= 15 is 0 Å². The monoisotopic (exact) mass is 327 g/mol. The minimum Gasteiger partial charge on any atom is -0.492 e. The van der Waals surface area contributed by atoms with Crippen LogP contribution in [0.3, 0.4) is 0 Å². The third-order valence-corrected chi connectivity index (χ3v) is 5.00. The Bertz CT molecular complexity index is 726. The summed E-state index contributed by atoms with van der Waals surface area (Å²) in [6.45, 7) is 4.22. The second-order valence-corrected chi connectivity index (χ2v) is 7.36. The van der Waals surface area contributed by atoms with Crippen molar-refractivity contribution in [1.82, 2.24) is 9.71 Å². The molecule has 1 aromatic heterocycles. The Morgan fingerprint density at radius 2 is 2.19 bits per heavy atom. The standard InChI is InChI=1S/C13H17N3O3S2/c1-3-19-12-5-4-10(14)6-13(12)21(17,18)16-8-11-7-15-9(2)20-11/h4-7,16H,3,8,14H2,1-2H3.